The van der Waals surface area contributed by atoms with Crippen LogP contribution in [-0.2, 0) is 12.8 Å². The molecule has 3 nitrogen and oxygen atoms in total. The van der Waals surface area contributed by atoms with E-state index in [1.54, 1.807) is 0 Å². The number of aromatic nitrogens is 1. The van der Waals surface area contributed by atoms with Crippen LogP contribution in [0.5, 0.6) is 0 Å². The van der Waals surface area contributed by atoms with E-state index in [1.807, 2.05) is 37.3 Å². The van der Waals surface area contributed by atoms with Crippen LogP contribution in [0.25, 0.3) is 10.9 Å². The Morgan fingerprint density at radius 3 is 2.58 bits per heavy atom. The number of benzene rings is 2. The molecule has 0 amide bonds. The molecular formula is C23H25NO2. The maximum atomic E-state index is 12.7. The third kappa shape index (κ3) is 3.77. The molecule has 0 unspecified atom stereocenters. The summed E-state index contributed by atoms with van der Waals surface area (Å²) in [5.74, 6) is 0.163. The van der Waals surface area contributed by atoms with Gasteiger partial charge < -0.3 is 4.98 Å². The Morgan fingerprint density at radius 1 is 1.12 bits per heavy atom. The summed E-state index contributed by atoms with van der Waals surface area (Å²) >= 11 is 0. The van der Waals surface area contributed by atoms with Gasteiger partial charge in [0.25, 0.3) is 0 Å². The van der Waals surface area contributed by atoms with Crippen LogP contribution in [0.3, 0.4) is 0 Å². The molecule has 3 heteroatoms. The van der Waals surface area contributed by atoms with Crippen molar-refractivity contribution in [2.75, 3.05) is 0 Å². The molecular weight excluding hydrogens is 322 g/mol. The molecule has 1 N–H and O–H groups in total. The van der Waals surface area contributed by atoms with Gasteiger partial charge in [0, 0.05) is 22.9 Å². The number of hydrogen-bond acceptors (Lipinski definition) is 2. The molecule has 0 aliphatic rings. The van der Waals surface area contributed by atoms with E-state index in [4.69, 9.17) is 0 Å². The van der Waals surface area contributed by atoms with Crippen molar-refractivity contribution in [3.8, 4) is 0 Å². The number of carbonyl (C=O) groups excluding carboxylic acids is 2. The number of fused-ring (bicyclic) bond motifs is 1. The lowest BCUT2D eigenvalue weighted by Crippen LogP contribution is -2.04. The van der Waals surface area contributed by atoms with Crippen molar-refractivity contribution in [2.45, 2.75) is 46.0 Å². The van der Waals surface area contributed by atoms with Crippen LogP contribution in [-0.4, -0.2) is 17.1 Å². The highest BCUT2D eigenvalue weighted by atomic mass is 16.1. The maximum absolute atomic E-state index is 12.7. The zero-order valence-electron chi connectivity index (χ0n) is 15.5. The van der Waals surface area contributed by atoms with E-state index in [2.05, 4.69) is 24.0 Å². The molecule has 134 valence electrons. The highest BCUT2D eigenvalue weighted by Crippen LogP contribution is 2.28. The third-order valence-corrected chi connectivity index (χ3v) is 4.96. The van der Waals surface area contributed by atoms with Crippen molar-refractivity contribution in [1.29, 1.82) is 0 Å². The second-order valence-electron chi connectivity index (χ2n) is 6.86. The Labute approximate surface area is 154 Å². The van der Waals surface area contributed by atoms with E-state index in [0.717, 1.165) is 54.0 Å². The summed E-state index contributed by atoms with van der Waals surface area (Å²) in [7, 11) is 0. The fraction of sp³-hybridized carbons (Fsp3) is 0.304. The number of aromatic amines is 1. The number of unbranched alkanes of at least 4 members (excludes halogenated alkanes) is 1. The van der Waals surface area contributed by atoms with Crippen LogP contribution < -0.4 is 0 Å². The number of nitrogens with one attached hydrogen (secondary N) is 1. The minimum atomic E-state index is 0.163. The summed E-state index contributed by atoms with van der Waals surface area (Å²) in [5.41, 5.74) is 5.55. The first-order valence-corrected chi connectivity index (χ1v) is 9.31. The average molecular weight is 347 g/mol. The normalized spacial score (nSPS) is 11.0. The van der Waals surface area contributed by atoms with Crippen molar-refractivity contribution >= 4 is 23.0 Å². The summed E-state index contributed by atoms with van der Waals surface area (Å²) < 4.78 is 0. The van der Waals surface area contributed by atoms with E-state index in [9.17, 15) is 9.59 Å². The lowest BCUT2D eigenvalue weighted by molar-refractivity contribution is 0.0974. The summed E-state index contributed by atoms with van der Waals surface area (Å²) in [4.78, 5) is 27.4. The molecule has 2 aromatic carbocycles. The molecule has 1 aromatic heterocycles. The average Bonchev–Trinajstić information content (AvgIpc) is 3.01. The SMILES string of the molecule is CCCCC(=O)c1[nH]c2cc(C)c(C=O)cc2c1CCc1ccccc1. The Kier molecular flexibility index (Phi) is 5.67. The smallest absolute Gasteiger partial charge is 0.179 e. The van der Waals surface area contributed by atoms with E-state index >= 15 is 0 Å². The Balaban J connectivity index is 2.02. The molecule has 0 fully saturated rings. The van der Waals surface area contributed by atoms with Gasteiger partial charge in [0.05, 0.1) is 5.69 Å². The second kappa shape index (κ2) is 8.13. The molecule has 0 spiro atoms. The molecule has 0 atom stereocenters. The number of ketones is 1. The minimum absolute atomic E-state index is 0.163. The zero-order chi connectivity index (χ0) is 18.5. The van der Waals surface area contributed by atoms with Gasteiger partial charge in [-0.3, -0.25) is 9.59 Å². The van der Waals surface area contributed by atoms with Crippen molar-refractivity contribution in [3.63, 3.8) is 0 Å². The molecule has 3 aromatic rings. The minimum Gasteiger partial charge on any atom is -0.352 e. The molecule has 1 heterocycles. The number of Topliss-reactive ketones (excluding diaryl/α,β-unsaturated/α-hetero) is 1. The molecule has 0 aliphatic heterocycles. The maximum Gasteiger partial charge on any atom is 0.179 e. The Hall–Kier alpha value is -2.68. The van der Waals surface area contributed by atoms with Gasteiger partial charge in [-0.1, -0.05) is 43.7 Å². The lowest BCUT2D eigenvalue weighted by atomic mass is 9.97. The summed E-state index contributed by atoms with van der Waals surface area (Å²) in [6.07, 6.45) is 4.98. The Morgan fingerprint density at radius 2 is 1.88 bits per heavy atom. The van der Waals surface area contributed by atoms with Gasteiger partial charge >= 0.3 is 0 Å². The molecule has 26 heavy (non-hydrogen) atoms. The van der Waals surface area contributed by atoms with Crippen LogP contribution in [0.1, 0.15) is 63.7 Å². The summed E-state index contributed by atoms with van der Waals surface area (Å²) in [6, 6.07) is 14.2. The first kappa shape index (κ1) is 18.1. The van der Waals surface area contributed by atoms with Gasteiger partial charge in [0.15, 0.2) is 5.78 Å². The predicted molar refractivity (Wildman–Crippen MR) is 106 cm³/mol. The molecule has 0 saturated heterocycles. The van der Waals surface area contributed by atoms with Crippen molar-refractivity contribution < 1.29 is 9.59 Å². The van der Waals surface area contributed by atoms with Crippen LogP contribution in [0.2, 0.25) is 0 Å². The quantitative estimate of drug-likeness (QED) is 0.435. The van der Waals surface area contributed by atoms with E-state index in [0.29, 0.717) is 17.7 Å². The fourth-order valence-electron chi connectivity index (χ4n) is 3.42. The number of hydrogen-bond donors (Lipinski definition) is 1. The topological polar surface area (TPSA) is 49.9 Å². The van der Waals surface area contributed by atoms with E-state index < -0.39 is 0 Å². The van der Waals surface area contributed by atoms with Crippen LogP contribution in [0, 0.1) is 6.92 Å². The predicted octanol–water partition coefficient (Wildman–Crippen LogP) is 5.45. The molecule has 0 aliphatic carbocycles. The monoisotopic (exact) mass is 347 g/mol. The highest BCUT2D eigenvalue weighted by Gasteiger charge is 2.18. The lowest BCUT2D eigenvalue weighted by Gasteiger charge is -2.06. The number of aryl methyl sites for hydroxylation is 3. The Bertz CT molecular complexity index is 922. The van der Waals surface area contributed by atoms with Crippen molar-refractivity contribution in [3.05, 3.63) is 70.4 Å². The van der Waals surface area contributed by atoms with Crippen molar-refractivity contribution in [1.82, 2.24) is 4.98 Å². The molecule has 0 saturated carbocycles. The second-order valence-corrected chi connectivity index (χ2v) is 6.86. The largest absolute Gasteiger partial charge is 0.352 e. The third-order valence-electron chi connectivity index (χ3n) is 4.96. The van der Waals surface area contributed by atoms with Gasteiger partial charge in [-0.05, 0) is 55.0 Å². The standard InChI is InChI=1S/C23H25NO2/c1-3-4-10-22(26)23-19(12-11-17-8-6-5-7-9-17)20-14-18(15-25)16(2)13-21(20)24-23/h5-9,13-15,24H,3-4,10-12H2,1-2H3. The summed E-state index contributed by atoms with van der Waals surface area (Å²) in [6.45, 7) is 4.01. The number of rotatable bonds is 8. The first-order chi connectivity index (χ1) is 12.6. The van der Waals surface area contributed by atoms with Gasteiger partial charge in [0.2, 0.25) is 0 Å². The fourth-order valence-corrected chi connectivity index (χ4v) is 3.42. The van der Waals surface area contributed by atoms with Crippen LogP contribution in [0.15, 0.2) is 42.5 Å². The zero-order valence-corrected chi connectivity index (χ0v) is 15.5. The number of carbonyl (C=O) groups is 2. The number of aldehydes is 1. The van der Waals surface area contributed by atoms with Crippen LogP contribution >= 0.6 is 0 Å². The van der Waals surface area contributed by atoms with Gasteiger partial charge in [-0.15, -0.1) is 0 Å². The van der Waals surface area contributed by atoms with Crippen LogP contribution in [0.4, 0.5) is 0 Å². The highest BCUT2D eigenvalue weighted by molar-refractivity contribution is 6.03. The summed E-state index contributed by atoms with van der Waals surface area (Å²) in [5, 5.41) is 0.994. The molecule has 3 rings (SSSR count). The molecule has 0 bridgehead atoms. The van der Waals surface area contributed by atoms with Gasteiger partial charge in [0.1, 0.15) is 6.29 Å². The number of H-pyrrole nitrogens is 1. The molecule has 0 radical (unpaired) electrons. The van der Waals surface area contributed by atoms with E-state index in [1.165, 1.54) is 5.56 Å². The van der Waals surface area contributed by atoms with E-state index in [-0.39, 0.29) is 5.78 Å². The van der Waals surface area contributed by atoms with Gasteiger partial charge in [-0.25, -0.2) is 0 Å². The van der Waals surface area contributed by atoms with Gasteiger partial charge in [-0.2, -0.15) is 0 Å². The van der Waals surface area contributed by atoms with Crippen molar-refractivity contribution in [2.24, 2.45) is 0 Å². The first-order valence-electron chi connectivity index (χ1n) is 9.31.